The van der Waals surface area contributed by atoms with E-state index in [1.165, 1.54) is 18.9 Å². The fraction of sp³-hybridized carbons (Fsp3) is 0.462. The van der Waals surface area contributed by atoms with Crippen molar-refractivity contribution in [2.75, 3.05) is 11.9 Å². The quantitative estimate of drug-likeness (QED) is 0.896. The van der Waals surface area contributed by atoms with Gasteiger partial charge in [0.25, 0.3) is 0 Å². The Morgan fingerprint density at radius 3 is 2.78 bits per heavy atom. The minimum Gasteiger partial charge on any atom is -0.373 e. The topological polar surface area (TPSA) is 41.1 Å². The number of amides is 1. The number of carbonyl (C=O) groups is 1. The summed E-state index contributed by atoms with van der Waals surface area (Å²) >= 11 is 3.25. The van der Waals surface area contributed by atoms with Crippen LogP contribution in [0, 0.1) is 5.82 Å². The average Bonchev–Trinajstić information content (AvgIpc) is 2.81. The van der Waals surface area contributed by atoms with Crippen molar-refractivity contribution in [3.63, 3.8) is 0 Å². The van der Waals surface area contributed by atoms with Crippen molar-refractivity contribution in [2.24, 2.45) is 0 Å². The van der Waals surface area contributed by atoms with Crippen LogP contribution in [-0.4, -0.2) is 18.5 Å². The Morgan fingerprint density at radius 2 is 2.11 bits per heavy atom. The molecule has 2 rings (SSSR count). The second kappa shape index (κ2) is 6.18. The van der Waals surface area contributed by atoms with Gasteiger partial charge in [-0.25, -0.2) is 4.39 Å². The molecule has 3 nitrogen and oxygen atoms in total. The van der Waals surface area contributed by atoms with Gasteiger partial charge >= 0.3 is 0 Å². The summed E-state index contributed by atoms with van der Waals surface area (Å²) in [5.74, 6) is -0.449. The van der Waals surface area contributed by atoms with Crippen LogP contribution in [0.4, 0.5) is 10.1 Å². The lowest BCUT2D eigenvalue weighted by Gasteiger charge is -2.13. The van der Waals surface area contributed by atoms with E-state index < -0.39 is 0 Å². The van der Waals surface area contributed by atoms with Crippen LogP contribution in [0.3, 0.4) is 0 Å². The van der Waals surface area contributed by atoms with Crippen LogP contribution in [0.25, 0.3) is 0 Å². The molecule has 2 N–H and O–H groups in total. The molecule has 0 saturated heterocycles. The number of anilines is 1. The van der Waals surface area contributed by atoms with E-state index in [9.17, 15) is 9.18 Å². The number of hydrogen-bond donors (Lipinski definition) is 2. The third-order valence-corrected chi connectivity index (χ3v) is 3.77. The Balaban J connectivity index is 1.85. The highest BCUT2D eigenvalue weighted by Crippen LogP contribution is 2.24. The molecule has 0 unspecified atom stereocenters. The van der Waals surface area contributed by atoms with Crippen molar-refractivity contribution in [1.29, 1.82) is 0 Å². The number of hydrogen-bond acceptors (Lipinski definition) is 2. The number of nitrogens with one attached hydrogen (secondary N) is 2. The first kappa shape index (κ1) is 13.3. The molecule has 0 aromatic heterocycles. The maximum absolute atomic E-state index is 13.5. The Hall–Kier alpha value is -1.10. The maximum atomic E-state index is 13.5. The van der Waals surface area contributed by atoms with Crippen molar-refractivity contribution >= 4 is 27.5 Å². The summed E-state index contributed by atoms with van der Waals surface area (Å²) in [7, 11) is 0. The second-order valence-electron chi connectivity index (χ2n) is 4.50. The van der Waals surface area contributed by atoms with Crippen molar-refractivity contribution in [2.45, 2.75) is 31.7 Å². The highest BCUT2D eigenvalue weighted by atomic mass is 79.9. The Bertz CT molecular complexity index is 413. The molecule has 1 aromatic rings. The maximum Gasteiger partial charge on any atom is 0.239 e. The van der Waals surface area contributed by atoms with Crippen molar-refractivity contribution in [3.8, 4) is 0 Å². The van der Waals surface area contributed by atoms with Gasteiger partial charge in [-0.2, -0.15) is 0 Å². The first-order valence-corrected chi connectivity index (χ1v) is 6.93. The zero-order valence-electron chi connectivity index (χ0n) is 10.0. The molecule has 0 aliphatic heterocycles. The fourth-order valence-electron chi connectivity index (χ4n) is 2.18. The number of para-hydroxylation sites is 1. The Labute approximate surface area is 114 Å². The molecule has 18 heavy (non-hydrogen) atoms. The highest BCUT2D eigenvalue weighted by Gasteiger charge is 2.17. The summed E-state index contributed by atoms with van der Waals surface area (Å²) < 4.78 is 14.1. The fourth-order valence-corrected chi connectivity index (χ4v) is 2.67. The zero-order valence-corrected chi connectivity index (χ0v) is 11.6. The average molecular weight is 315 g/mol. The van der Waals surface area contributed by atoms with Gasteiger partial charge in [0.1, 0.15) is 5.82 Å². The van der Waals surface area contributed by atoms with Crippen LogP contribution in [0.5, 0.6) is 0 Å². The number of halogens is 2. The lowest BCUT2D eigenvalue weighted by Crippen LogP contribution is -2.36. The van der Waals surface area contributed by atoms with E-state index in [1.807, 2.05) is 0 Å². The first-order chi connectivity index (χ1) is 8.66. The summed E-state index contributed by atoms with van der Waals surface area (Å²) in [6, 6.07) is 5.01. The van der Waals surface area contributed by atoms with Crippen LogP contribution in [0.15, 0.2) is 22.7 Å². The van der Waals surface area contributed by atoms with Crippen molar-refractivity contribution < 1.29 is 9.18 Å². The molecular weight excluding hydrogens is 299 g/mol. The zero-order chi connectivity index (χ0) is 13.0. The van der Waals surface area contributed by atoms with Gasteiger partial charge in [-0.15, -0.1) is 0 Å². The molecule has 0 heterocycles. The predicted octanol–water partition coefficient (Wildman–Crippen LogP) is 3.06. The highest BCUT2D eigenvalue weighted by molar-refractivity contribution is 9.10. The normalized spacial score (nSPS) is 15.7. The molecule has 1 saturated carbocycles. The number of benzene rings is 1. The smallest absolute Gasteiger partial charge is 0.239 e. The third-order valence-electron chi connectivity index (χ3n) is 3.11. The van der Waals surface area contributed by atoms with Crippen LogP contribution in [0.2, 0.25) is 0 Å². The lowest BCUT2D eigenvalue weighted by molar-refractivity contribution is -0.120. The van der Waals surface area contributed by atoms with Gasteiger partial charge < -0.3 is 10.6 Å². The SMILES string of the molecule is O=C(CNc1c(F)cccc1Br)NC1CCCC1. The van der Waals surface area contributed by atoms with Crippen molar-refractivity contribution in [3.05, 3.63) is 28.5 Å². The molecule has 1 aromatic carbocycles. The largest absolute Gasteiger partial charge is 0.373 e. The van der Waals surface area contributed by atoms with E-state index in [1.54, 1.807) is 12.1 Å². The van der Waals surface area contributed by atoms with Crippen LogP contribution < -0.4 is 10.6 Å². The van der Waals surface area contributed by atoms with E-state index in [2.05, 4.69) is 26.6 Å². The molecule has 0 atom stereocenters. The predicted molar refractivity (Wildman–Crippen MR) is 73.0 cm³/mol. The van der Waals surface area contributed by atoms with Crippen LogP contribution >= 0.6 is 15.9 Å². The van der Waals surface area contributed by atoms with Crippen LogP contribution in [0.1, 0.15) is 25.7 Å². The lowest BCUT2D eigenvalue weighted by atomic mass is 10.2. The summed E-state index contributed by atoms with van der Waals surface area (Å²) in [4.78, 5) is 11.7. The van der Waals surface area contributed by atoms with E-state index in [0.717, 1.165) is 12.8 Å². The summed E-state index contributed by atoms with van der Waals surface area (Å²) in [6.45, 7) is 0.0933. The standard InChI is InChI=1S/C13H16BrFN2O/c14-10-6-3-7-11(15)13(10)16-8-12(18)17-9-4-1-2-5-9/h3,6-7,9,16H,1-2,4-5,8H2,(H,17,18). The monoisotopic (exact) mass is 314 g/mol. The molecule has 0 spiro atoms. The molecule has 5 heteroatoms. The van der Waals surface area contributed by atoms with Gasteiger partial charge in [0, 0.05) is 10.5 Å². The molecule has 1 aliphatic rings. The molecule has 0 radical (unpaired) electrons. The van der Waals surface area contributed by atoms with Gasteiger partial charge in [-0.3, -0.25) is 4.79 Å². The number of rotatable bonds is 4. The number of carbonyl (C=O) groups excluding carboxylic acids is 1. The first-order valence-electron chi connectivity index (χ1n) is 6.14. The van der Waals surface area contributed by atoms with Gasteiger partial charge in [-0.1, -0.05) is 18.9 Å². The second-order valence-corrected chi connectivity index (χ2v) is 5.35. The molecule has 0 bridgehead atoms. The Morgan fingerprint density at radius 1 is 1.39 bits per heavy atom. The minimum absolute atomic E-state index is 0.0861. The molecule has 1 fully saturated rings. The van der Waals surface area contributed by atoms with Gasteiger partial charge in [0.05, 0.1) is 12.2 Å². The third kappa shape index (κ3) is 3.45. The molecular formula is C13H16BrFN2O. The van der Waals surface area contributed by atoms with Gasteiger partial charge in [-0.05, 0) is 40.9 Å². The molecule has 1 amide bonds. The summed E-state index contributed by atoms with van der Waals surface area (Å²) in [6.07, 6.45) is 4.46. The van der Waals surface area contributed by atoms with E-state index in [0.29, 0.717) is 16.2 Å². The van der Waals surface area contributed by atoms with E-state index in [4.69, 9.17) is 0 Å². The molecule has 1 aliphatic carbocycles. The minimum atomic E-state index is -0.363. The summed E-state index contributed by atoms with van der Waals surface area (Å²) in [5, 5.41) is 5.77. The van der Waals surface area contributed by atoms with Crippen LogP contribution in [-0.2, 0) is 4.79 Å². The van der Waals surface area contributed by atoms with Crippen molar-refractivity contribution in [1.82, 2.24) is 5.32 Å². The van der Waals surface area contributed by atoms with E-state index >= 15 is 0 Å². The van der Waals surface area contributed by atoms with Gasteiger partial charge in [0.15, 0.2) is 0 Å². The molecule has 98 valence electrons. The summed E-state index contributed by atoms with van der Waals surface area (Å²) in [5.41, 5.74) is 0.332. The van der Waals surface area contributed by atoms with Gasteiger partial charge in [0.2, 0.25) is 5.91 Å². The Kier molecular flexibility index (Phi) is 4.58. The van der Waals surface area contributed by atoms with E-state index in [-0.39, 0.29) is 18.3 Å².